The third-order valence-corrected chi connectivity index (χ3v) is 3.39. The first-order valence-corrected chi connectivity index (χ1v) is 9.04. The molecule has 29 heavy (non-hydrogen) atoms. The van der Waals surface area contributed by atoms with Crippen LogP contribution in [0.25, 0.3) is 0 Å². The predicted molar refractivity (Wildman–Crippen MR) is 116 cm³/mol. The maximum absolute atomic E-state index is 3.85. The van der Waals surface area contributed by atoms with Crippen LogP contribution in [-0.4, -0.2) is 19.9 Å². The van der Waals surface area contributed by atoms with Gasteiger partial charge >= 0.3 is 16.5 Å². The zero-order valence-corrected chi connectivity index (χ0v) is 18.3. The summed E-state index contributed by atoms with van der Waals surface area (Å²) < 4.78 is 0. The number of aromatic nitrogens is 4. The van der Waals surface area contributed by atoms with Crippen LogP contribution in [0.3, 0.4) is 0 Å². The molecule has 0 spiro atoms. The second kappa shape index (κ2) is 17.2. The van der Waals surface area contributed by atoms with E-state index in [0.29, 0.717) is 0 Å². The summed E-state index contributed by atoms with van der Waals surface area (Å²) in [5.74, 6) is 0. The first-order chi connectivity index (χ1) is 13.6. The van der Waals surface area contributed by atoms with Crippen LogP contribution < -0.4 is 0 Å². The monoisotopic (exact) mass is 430 g/mol. The van der Waals surface area contributed by atoms with Crippen LogP contribution in [0, 0.1) is 27.7 Å². The Labute approximate surface area is 184 Å². The summed E-state index contributed by atoms with van der Waals surface area (Å²) in [5, 5.41) is 0. The van der Waals surface area contributed by atoms with Gasteiger partial charge in [-0.2, -0.15) is 0 Å². The van der Waals surface area contributed by atoms with E-state index in [-0.39, 0.29) is 16.5 Å². The van der Waals surface area contributed by atoms with Gasteiger partial charge in [0.05, 0.1) is 0 Å². The average molecular weight is 431 g/mol. The van der Waals surface area contributed by atoms with Crippen molar-refractivity contribution in [2.75, 3.05) is 0 Å². The summed E-state index contributed by atoms with van der Waals surface area (Å²) in [6, 6.07) is 15.8. The van der Waals surface area contributed by atoms with Crippen LogP contribution in [0.1, 0.15) is 22.3 Å². The summed E-state index contributed by atoms with van der Waals surface area (Å²) in [6.07, 6.45) is 14.3. The minimum absolute atomic E-state index is 0. The molecule has 5 heteroatoms. The second-order valence-electron chi connectivity index (χ2n) is 6.10. The standard InChI is InChI=1S/4C6H7N.Ni/c4*1-6-2-4-7-5-3-6;/h4*2-5H,1H3;/q;;;;+2. The van der Waals surface area contributed by atoms with Crippen LogP contribution in [0.2, 0.25) is 0 Å². The Morgan fingerprint density at radius 1 is 0.345 bits per heavy atom. The average Bonchev–Trinajstić information content (AvgIpc) is 2.72. The van der Waals surface area contributed by atoms with Crippen LogP contribution in [0.15, 0.2) is 98.1 Å². The van der Waals surface area contributed by atoms with Gasteiger partial charge in [0, 0.05) is 49.6 Å². The van der Waals surface area contributed by atoms with Gasteiger partial charge in [0.1, 0.15) is 0 Å². The van der Waals surface area contributed by atoms with Crippen LogP contribution >= 0.6 is 0 Å². The van der Waals surface area contributed by atoms with Crippen molar-refractivity contribution in [3.05, 3.63) is 120 Å². The smallest absolute Gasteiger partial charge is 0.265 e. The van der Waals surface area contributed by atoms with Gasteiger partial charge in [0.2, 0.25) is 0 Å². The molecule has 4 nitrogen and oxygen atoms in total. The predicted octanol–water partition coefficient (Wildman–Crippen LogP) is 5.56. The third-order valence-electron chi connectivity index (χ3n) is 3.39. The van der Waals surface area contributed by atoms with E-state index in [2.05, 4.69) is 19.9 Å². The maximum Gasteiger partial charge on any atom is 2.00 e. The fourth-order valence-corrected chi connectivity index (χ4v) is 1.71. The van der Waals surface area contributed by atoms with E-state index in [1.54, 1.807) is 49.6 Å². The minimum Gasteiger partial charge on any atom is -0.265 e. The van der Waals surface area contributed by atoms with Crippen molar-refractivity contribution >= 4 is 0 Å². The third kappa shape index (κ3) is 15.8. The first kappa shape index (κ1) is 26.1. The minimum atomic E-state index is 0. The number of hydrogen-bond acceptors (Lipinski definition) is 4. The SMILES string of the molecule is Cc1ccncc1.Cc1ccncc1.Cc1ccncc1.Cc1ccncc1.[Ni+2]. The fourth-order valence-electron chi connectivity index (χ4n) is 1.71. The quantitative estimate of drug-likeness (QED) is 0.342. The maximum atomic E-state index is 3.85. The van der Waals surface area contributed by atoms with E-state index in [1.807, 2.05) is 76.2 Å². The summed E-state index contributed by atoms with van der Waals surface area (Å²) in [4.78, 5) is 15.4. The molecule has 0 fully saturated rings. The van der Waals surface area contributed by atoms with Gasteiger partial charge in [-0.05, 0) is 98.5 Å². The van der Waals surface area contributed by atoms with Crippen molar-refractivity contribution in [2.45, 2.75) is 27.7 Å². The number of nitrogens with zero attached hydrogens (tertiary/aromatic N) is 4. The molecule has 0 aromatic carbocycles. The Balaban J connectivity index is 0.000000356. The molecular weight excluding hydrogens is 403 g/mol. The Hall–Kier alpha value is -2.91. The summed E-state index contributed by atoms with van der Waals surface area (Å²) in [6.45, 7) is 8.17. The molecule has 4 rings (SSSR count). The summed E-state index contributed by atoms with van der Waals surface area (Å²) in [5.41, 5.74) is 5.04. The molecule has 0 aliphatic heterocycles. The Bertz CT molecular complexity index is 693. The van der Waals surface area contributed by atoms with Crippen LogP contribution in [-0.2, 0) is 16.5 Å². The number of pyridine rings is 4. The van der Waals surface area contributed by atoms with Crippen molar-refractivity contribution in [1.82, 2.24) is 19.9 Å². The number of aryl methyl sites for hydroxylation is 4. The molecule has 0 unspecified atom stereocenters. The van der Waals surface area contributed by atoms with Crippen molar-refractivity contribution < 1.29 is 16.5 Å². The second-order valence-corrected chi connectivity index (χ2v) is 6.10. The Morgan fingerprint density at radius 2 is 0.483 bits per heavy atom. The van der Waals surface area contributed by atoms with Gasteiger partial charge in [-0.15, -0.1) is 0 Å². The number of rotatable bonds is 0. The molecular formula is C24H28N4Ni+2. The van der Waals surface area contributed by atoms with Gasteiger partial charge in [-0.3, -0.25) is 19.9 Å². The van der Waals surface area contributed by atoms with Crippen molar-refractivity contribution in [3.63, 3.8) is 0 Å². The largest absolute Gasteiger partial charge is 2.00 e. The Morgan fingerprint density at radius 3 is 0.552 bits per heavy atom. The van der Waals surface area contributed by atoms with E-state index in [1.165, 1.54) is 22.3 Å². The molecule has 0 aliphatic rings. The molecule has 0 saturated heterocycles. The van der Waals surface area contributed by atoms with E-state index < -0.39 is 0 Å². The molecule has 4 aromatic rings. The van der Waals surface area contributed by atoms with Gasteiger partial charge in [-0.25, -0.2) is 0 Å². The van der Waals surface area contributed by atoms with E-state index in [0.717, 1.165) is 0 Å². The zero-order chi connectivity index (χ0) is 20.5. The van der Waals surface area contributed by atoms with Crippen molar-refractivity contribution in [2.24, 2.45) is 0 Å². The van der Waals surface area contributed by atoms with E-state index >= 15 is 0 Å². The van der Waals surface area contributed by atoms with E-state index in [4.69, 9.17) is 0 Å². The van der Waals surface area contributed by atoms with Crippen molar-refractivity contribution in [1.29, 1.82) is 0 Å². The topological polar surface area (TPSA) is 51.6 Å². The van der Waals surface area contributed by atoms with Gasteiger partial charge in [-0.1, -0.05) is 0 Å². The molecule has 0 aliphatic carbocycles. The molecule has 0 bridgehead atoms. The fraction of sp³-hybridized carbons (Fsp3) is 0.167. The zero-order valence-electron chi connectivity index (χ0n) is 17.3. The van der Waals surface area contributed by atoms with Gasteiger partial charge < -0.3 is 0 Å². The first-order valence-electron chi connectivity index (χ1n) is 9.04. The number of hydrogen-bond donors (Lipinski definition) is 0. The normalized spacial score (nSPS) is 8.41. The molecule has 0 radical (unpaired) electrons. The Kier molecular flexibility index (Phi) is 15.5. The van der Waals surface area contributed by atoms with Gasteiger partial charge in [0.15, 0.2) is 0 Å². The molecule has 4 aromatic heterocycles. The molecule has 0 saturated carbocycles. The van der Waals surface area contributed by atoms with E-state index in [9.17, 15) is 0 Å². The molecule has 4 heterocycles. The van der Waals surface area contributed by atoms with Crippen LogP contribution in [0.4, 0.5) is 0 Å². The summed E-state index contributed by atoms with van der Waals surface area (Å²) >= 11 is 0. The van der Waals surface area contributed by atoms with Crippen LogP contribution in [0.5, 0.6) is 0 Å². The summed E-state index contributed by atoms with van der Waals surface area (Å²) in [7, 11) is 0. The molecule has 0 atom stereocenters. The molecule has 0 amide bonds. The molecule has 152 valence electrons. The molecule has 0 N–H and O–H groups in total. The van der Waals surface area contributed by atoms with Crippen molar-refractivity contribution in [3.8, 4) is 0 Å². The van der Waals surface area contributed by atoms with Gasteiger partial charge in [0.25, 0.3) is 0 Å².